The standard InChI is InChI=1S/C17H14O2/c18-17(19)13-7-5-11-15-10-4-6-12-16(15)14-8-2-1-3-9-14/h1-13H,(H,18,19). The Morgan fingerprint density at radius 1 is 0.895 bits per heavy atom. The molecule has 0 aliphatic carbocycles. The molecule has 1 N–H and O–H groups in total. The smallest absolute Gasteiger partial charge is 0.328 e. The Morgan fingerprint density at radius 2 is 1.58 bits per heavy atom. The average Bonchev–Trinajstić information content (AvgIpc) is 2.45. The van der Waals surface area contributed by atoms with Crippen LogP contribution < -0.4 is 0 Å². The van der Waals surface area contributed by atoms with Crippen LogP contribution in [0.25, 0.3) is 17.2 Å². The molecular weight excluding hydrogens is 236 g/mol. The van der Waals surface area contributed by atoms with Crippen LogP contribution in [-0.4, -0.2) is 11.1 Å². The van der Waals surface area contributed by atoms with Gasteiger partial charge in [-0.25, -0.2) is 4.79 Å². The Balaban J connectivity index is 2.30. The Kier molecular flexibility index (Phi) is 4.29. The van der Waals surface area contributed by atoms with Crippen molar-refractivity contribution >= 4 is 12.0 Å². The van der Waals surface area contributed by atoms with E-state index in [1.54, 1.807) is 6.08 Å². The molecular formula is C17H14O2. The molecule has 0 unspecified atom stereocenters. The van der Waals surface area contributed by atoms with Crippen molar-refractivity contribution in [3.63, 3.8) is 0 Å². The first-order valence-electron chi connectivity index (χ1n) is 5.99. The highest BCUT2D eigenvalue weighted by molar-refractivity contribution is 5.81. The molecule has 0 radical (unpaired) electrons. The summed E-state index contributed by atoms with van der Waals surface area (Å²) in [5, 5.41) is 8.52. The molecule has 2 nitrogen and oxygen atoms in total. The van der Waals surface area contributed by atoms with Gasteiger partial charge in [-0.1, -0.05) is 72.8 Å². The van der Waals surface area contributed by atoms with Crippen LogP contribution in [0.2, 0.25) is 0 Å². The molecule has 0 aliphatic heterocycles. The summed E-state index contributed by atoms with van der Waals surface area (Å²) in [5.41, 5.74) is 3.33. The number of carbonyl (C=O) groups is 1. The monoisotopic (exact) mass is 250 g/mol. The van der Waals surface area contributed by atoms with Crippen LogP contribution in [0, 0.1) is 0 Å². The van der Waals surface area contributed by atoms with Crippen molar-refractivity contribution < 1.29 is 9.90 Å². The van der Waals surface area contributed by atoms with E-state index in [2.05, 4.69) is 18.2 Å². The van der Waals surface area contributed by atoms with E-state index in [0.717, 1.165) is 22.8 Å². The van der Waals surface area contributed by atoms with E-state index >= 15 is 0 Å². The van der Waals surface area contributed by atoms with Gasteiger partial charge in [-0.2, -0.15) is 0 Å². The number of allylic oxidation sites excluding steroid dienone is 2. The normalized spacial score (nSPS) is 11.2. The molecule has 2 heteroatoms. The van der Waals surface area contributed by atoms with E-state index in [0.29, 0.717) is 0 Å². The maximum Gasteiger partial charge on any atom is 0.328 e. The molecule has 2 aromatic rings. The van der Waals surface area contributed by atoms with Crippen molar-refractivity contribution in [2.24, 2.45) is 0 Å². The Labute approximate surface area is 112 Å². The predicted octanol–water partition coefficient (Wildman–Crippen LogP) is 4.01. The van der Waals surface area contributed by atoms with Gasteiger partial charge in [0.1, 0.15) is 0 Å². The molecule has 19 heavy (non-hydrogen) atoms. The first-order chi connectivity index (χ1) is 9.27. The van der Waals surface area contributed by atoms with Gasteiger partial charge in [0.25, 0.3) is 0 Å². The molecule has 0 aliphatic rings. The van der Waals surface area contributed by atoms with Gasteiger partial charge in [-0.15, -0.1) is 0 Å². The summed E-state index contributed by atoms with van der Waals surface area (Å²) in [7, 11) is 0. The number of carboxylic acids is 1. The minimum Gasteiger partial charge on any atom is -0.478 e. The fourth-order valence-electron chi connectivity index (χ4n) is 1.82. The lowest BCUT2D eigenvalue weighted by atomic mass is 9.99. The second-order valence-electron chi connectivity index (χ2n) is 4.01. The van der Waals surface area contributed by atoms with Gasteiger partial charge in [-0.3, -0.25) is 0 Å². The fraction of sp³-hybridized carbons (Fsp3) is 0. The van der Waals surface area contributed by atoms with Crippen molar-refractivity contribution in [1.29, 1.82) is 0 Å². The van der Waals surface area contributed by atoms with Gasteiger partial charge in [0.15, 0.2) is 0 Å². The van der Waals surface area contributed by atoms with Crippen LogP contribution in [-0.2, 0) is 4.79 Å². The third-order valence-electron chi connectivity index (χ3n) is 2.67. The predicted molar refractivity (Wildman–Crippen MR) is 77.7 cm³/mol. The molecule has 0 atom stereocenters. The number of hydrogen-bond donors (Lipinski definition) is 1. The van der Waals surface area contributed by atoms with E-state index in [9.17, 15) is 4.79 Å². The van der Waals surface area contributed by atoms with E-state index in [4.69, 9.17) is 5.11 Å². The summed E-state index contributed by atoms with van der Waals surface area (Å²) in [6.45, 7) is 0. The summed E-state index contributed by atoms with van der Waals surface area (Å²) < 4.78 is 0. The topological polar surface area (TPSA) is 37.3 Å². The lowest BCUT2D eigenvalue weighted by Gasteiger charge is -2.05. The number of hydrogen-bond acceptors (Lipinski definition) is 1. The molecule has 0 spiro atoms. The van der Waals surface area contributed by atoms with Crippen LogP contribution in [0.3, 0.4) is 0 Å². The van der Waals surface area contributed by atoms with E-state index in [1.165, 1.54) is 6.08 Å². The summed E-state index contributed by atoms with van der Waals surface area (Å²) >= 11 is 0. The summed E-state index contributed by atoms with van der Waals surface area (Å²) in [5.74, 6) is -0.944. The van der Waals surface area contributed by atoms with Gasteiger partial charge in [0.2, 0.25) is 0 Å². The SMILES string of the molecule is O=C(O)C=CC=Cc1ccccc1-c1ccccc1. The highest BCUT2D eigenvalue weighted by atomic mass is 16.4. The van der Waals surface area contributed by atoms with Gasteiger partial charge < -0.3 is 5.11 Å². The van der Waals surface area contributed by atoms with Crippen molar-refractivity contribution in [3.05, 3.63) is 78.4 Å². The molecule has 0 amide bonds. The minimum absolute atomic E-state index is 0.944. The second kappa shape index (κ2) is 6.36. The first-order valence-corrected chi connectivity index (χ1v) is 5.99. The zero-order valence-corrected chi connectivity index (χ0v) is 10.4. The van der Waals surface area contributed by atoms with Gasteiger partial charge >= 0.3 is 5.97 Å². The van der Waals surface area contributed by atoms with E-state index in [-0.39, 0.29) is 0 Å². The zero-order valence-electron chi connectivity index (χ0n) is 10.4. The van der Waals surface area contributed by atoms with Crippen molar-refractivity contribution in [3.8, 4) is 11.1 Å². The third kappa shape index (κ3) is 3.68. The van der Waals surface area contributed by atoms with Gasteiger partial charge in [-0.05, 0) is 16.7 Å². The number of carboxylic acid groups (broad SMARTS) is 1. The van der Waals surface area contributed by atoms with Crippen molar-refractivity contribution in [2.45, 2.75) is 0 Å². The van der Waals surface area contributed by atoms with Crippen LogP contribution in [0.5, 0.6) is 0 Å². The fourth-order valence-corrected chi connectivity index (χ4v) is 1.82. The second-order valence-corrected chi connectivity index (χ2v) is 4.01. The molecule has 0 aromatic heterocycles. The Hall–Kier alpha value is -2.61. The van der Waals surface area contributed by atoms with Crippen LogP contribution in [0.15, 0.2) is 72.8 Å². The largest absolute Gasteiger partial charge is 0.478 e. The average molecular weight is 250 g/mol. The molecule has 2 rings (SSSR count). The molecule has 0 bridgehead atoms. The molecule has 0 heterocycles. The van der Waals surface area contributed by atoms with E-state index < -0.39 is 5.97 Å². The Morgan fingerprint density at radius 3 is 2.32 bits per heavy atom. The minimum atomic E-state index is -0.944. The summed E-state index contributed by atoms with van der Waals surface area (Å²) in [6, 6.07) is 18.1. The molecule has 0 saturated carbocycles. The summed E-state index contributed by atoms with van der Waals surface area (Å²) in [4.78, 5) is 10.4. The maximum atomic E-state index is 10.4. The Bertz CT molecular complexity index is 610. The molecule has 94 valence electrons. The highest BCUT2D eigenvalue weighted by Gasteiger charge is 2.00. The van der Waals surface area contributed by atoms with Gasteiger partial charge in [0, 0.05) is 6.08 Å². The van der Waals surface area contributed by atoms with E-state index in [1.807, 2.05) is 42.5 Å². The molecule has 0 saturated heterocycles. The van der Waals surface area contributed by atoms with Crippen LogP contribution in [0.1, 0.15) is 5.56 Å². The quantitative estimate of drug-likeness (QED) is 0.657. The lowest BCUT2D eigenvalue weighted by Crippen LogP contribution is -1.84. The first kappa shape index (κ1) is 12.8. The zero-order chi connectivity index (χ0) is 13.5. The lowest BCUT2D eigenvalue weighted by molar-refractivity contribution is -0.131. The number of benzene rings is 2. The van der Waals surface area contributed by atoms with Crippen LogP contribution in [0.4, 0.5) is 0 Å². The third-order valence-corrected chi connectivity index (χ3v) is 2.67. The summed E-state index contributed by atoms with van der Waals surface area (Å²) in [6.07, 6.45) is 6.27. The van der Waals surface area contributed by atoms with Crippen LogP contribution >= 0.6 is 0 Å². The van der Waals surface area contributed by atoms with Gasteiger partial charge in [0.05, 0.1) is 0 Å². The highest BCUT2D eigenvalue weighted by Crippen LogP contribution is 2.24. The van der Waals surface area contributed by atoms with Crippen molar-refractivity contribution in [2.75, 3.05) is 0 Å². The van der Waals surface area contributed by atoms with Crippen molar-refractivity contribution in [1.82, 2.24) is 0 Å². The molecule has 2 aromatic carbocycles. The number of rotatable bonds is 4. The maximum absolute atomic E-state index is 10.4. The number of aliphatic carboxylic acids is 1. The molecule has 0 fully saturated rings.